The molecule has 0 bridgehead atoms. The summed E-state index contributed by atoms with van der Waals surface area (Å²) in [6.45, 7) is 0.809. The first-order valence-electron chi connectivity index (χ1n) is 11.7. The van der Waals surface area contributed by atoms with E-state index in [1.165, 1.54) is 43.2 Å². The van der Waals surface area contributed by atoms with Crippen LogP contribution in [0.1, 0.15) is 68.4 Å². The molecular formula is C25H32N2O3S. The van der Waals surface area contributed by atoms with Gasteiger partial charge in [-0.05, 0) is 79.8 Å². The van der Waals surface area contributed by atoms with Gasteiger partial charge in [-0.25, -0.2) is 8.42 Å². The van der Waals surface area contributed by atoms with E-state index in [1.54, 1.807) is 12.1 Å². The number of benzene rings is 2. The number of nitrogens with zero attached hydrogens (tertiary/aromatic N) is 1. The van der Waals surface area contributed by atoms with Crippen LogP contribution in [-0.2, 0) is 16.4 Å². The Bertz CT molecular complexity index is 1030. The van der Waals surface area contributed by atoms with Crippen molar-refractivity contribution in [3.63, 3.8) is 0 Å². The molecule has 6 heteroatoms. The van der Waals surface area contributed by atoms with Crippen LogP contribution < -0.4 is 9.62 Å². The lowest BCUT2D eigenvalue weighted by atomic mass is 9.84. The van der Waals surface area contributed by atoms with Gasteiger partial charge in [0.1, 0.15) is 6.23 Å². The lowest BCUT2D eigenvalue weighted by Gasteiger charge is -2.35. The van der Waals surface area contributed by atoms with Crippen molar-refractivity contribution in [1.29, 1.82) is 0 Å². The van der Waals surface area contributed by atoms with E-state index in [-0.39, 0.29) is 0 Å². The molecule has 31 heavy (non-hydrogen) atoms. The number of aryl methyl sites for hydroxylation is 1. The van der Waals surface area contributed by atoms with Crippen molar-refractivity contribution in [2.75, 3.05) is 16.2 Å². The summed E-state index contributed by atoms with van der Waals surface area (Å²) in [6, 6.07) is 13.1. The lowest BCUT2D eigenvalue weighted by molar-refractivity contribution is 0.143. The summed E-state index contributed by atoms with van der Waals surface area (Å²) in [7, 11) is -3.66. The number of hydrogen-bond acceptors (Lipinski definition) is 4. The molecule has 1 unspecified atom stereocenters. The third kappa shape index (κ3) is 4.46. The summed E-state index contributed by atoms with van der Waals surface area (Å²) in [5.41, 5.74) is 3.92. The van der Waals surface area contributed by atoms with Gasteiger partial charge in [-0.3, -0.25) is 4.72 Å². The number of sulfonamides is 1. The number of hydrogen-bond donors (Lipinski definition) is 2. The number of aliphatic hydroxyl groups excluding tert-OH is 1. The number of aliphatic hydroxyl groups is 1. The summed E-state index contributed by atoms with van der Waals surface area (Å²) in [5.74, 6) is 0.900. The first kappa shape index (κ1) is 20.8. The molecule has 2 saturated carbocycles. The maximum absolute atomic E-state index is 13.0. The third-order valence-electron chi connectivity index (χ3n) is 7.12. The van der Waals surface area contributed by atoms with E-state index in [0.29, 0.717) is 22.4 Å². The highest BCUT2D eigenvalue weighted by Crippen LogP contribution is 2.39. The zero-order valence-electron chi connectivity index (χ0n) is 18.0. The molecule has 2 fully saturated rings. The molecule has 166 valence electrons. The van der Waals surface area contributed by atoms with Gasteiger partial charge >= 0.3 is 0 Å². The minimum atomic E-state index is -3.66. The summed E-state index contributed by atoms with van der Waals surface area (Å²) in [6.07, 6.45) is 9.85. The summed E-state index contributed by atoms with van der Waals surface area (Å²) in [4.78, 5) is 2.34. The molecule has 1 heterocycles. The Labute approximate surface area is 185 Å². The van der Waals surface area contributed by atoms with Crippen LogP contribution in [-0.4, -0.2) is 26.3 Å². The Morgan fingerprint density at radius 2 is 1.68 bits per heavy atom. The molecule has 0 amide bonds. The van der Waals surface area contributed by atoms with E-state index >= 15 is 0 Å². The Hall–Kier alpha value is -2.05. The molecule has 2 aromatic carbocycles. The van der Waals surface area contributed by atoms with Gasteiger partial charge in [-0.15, -0.1) is 0 Å². The summed E-state index contributed by atoms with van der Waals surface area (Å²) in [5, 5.41) is 10.7. The van der Waals surface area contributed by atoms with Crippen molar-refractivity contribution in [2.24, 2.45) is 5.92 Å². The number of rotatable bonds is 6. The molecule has 0 aromatic heterocycles. The lowest BCUT2D eigenvalue weighted by Crippen LogP contribution is -2.40. The predicted octanol–water partition coefficient (Wildman–Crippen LogP) is 5.02. The van der Waals surface area contributed by atoms with Crippen LogP contribution >= 0.6 is 0 Å². The van der Waals surface area contributed by atoms with Crippen molar-refractivity contribution in [1.82, 2.24) is 0 Å². The zero-order chi connectivity index (χ0) is 21.4. The number of fused-ring (bicyclic) bond motifs is 1. The van der Waals surface area contributed by atoms with E-state index in [1.807, 2.05) is 35.2 Å². The minimum absolute atomic E-state index is 0.291. The van der Waals surface area contributed by atoms with Gasteiger partial charge in [0, 0.05) is 18.2 Å². The van der Waals surface area contributed by atoms with Crippen molar-refractivity contribution < 1.29 is 13.5 Å². The highest BCUT2D eigenvalue weighted by molar-refractivity contribution is 7.92. The molecule has 2 aliphatic carbocycles. The van der Waals surface area contributed by atoms with Gasteiger partial charge in [-0.1, -0.05) is 37.5 Å². The molecular weight excluding hydrogens is 408 g/mol. The van der Waals surface area contributed by atoms with Crippen LogP contribution in [0.5, 0.6) is 0 Å². The quantitative estimate of drug-likeness (QED) is 0.662. The Morgan fingerprint density at radius 3 is 2.39 bits per heavy atom. The van der Waals surface area contributed by atoms with Gasteiger partial charge in [0.05, 0.1) is 10.6 Å². The van der Waals surface area contributed by atoms with E-state index in [2.05, 4.69) is 4.72 Å². The van der Waals surface area contributed by atoms with Crippen LogP contribution in [0.2, 0.25) is 0 Å². The largest absolute Gasteiger partial charge is 0.373 e. The van der Waals surface area contributed by atoms with Crippen LogP contribution in [0, 0.1) is 5.92 Å². The molecule has 0 saturated heterocycles. The van der Waals surface area contributed by atoms with Crippen LogP contribution in [0.3, 0.4) is 0 Å². The monoisotopic (exact) mass is 440 g/mol. The van der Waals surface area contributed by atoms with Gasteiger partial charge in [0.15, 0.2) is 0 Å². The molecule has 2 aromatic rings. The van der Waals surface area contributed by atoms with Gasteiger partial charge in [-0.2, -0.15) is 0 Å². The zero-order valence-corrected chi connectivity index (χ0v) is 18.8. The van der Waals surface area contributed by atoms with E-state index in [0.717, 1.165) is 37.9 Å². The third-order valence-corrected chi connectivity index (χ3v) is 8.52. The smallest absolute Gasteiger partial charge is 0.261 e. The van der Waals surface area contributed by atoms with Crippen molar-refractivity contribution in [2.45, 2.75) is 74.8 Å². The normalized spacial score (nSPS) is 20.9. The highest BCUT2D eigenvalue weighted by Gasteiger charge is 2.35. The highest BCUT2D eigenvalue weighted by atomic mass is 32.2. The standard InChI is InChI=1S/C25H32N2O3S/c28-25(21-8-9-21)27-16-4-7-20-10-13-22(17-24(20)27)26-31(29,30)23-14-11-19(12-15-23)18-5-2-1-3-6-18/h10-15,17-18,21,25-26,28H,1-9,16H2. The van der Waals surface area contributed by atoms with Crippen LogP contribution in [0.25, 0.3) is 0 Å². The Morgan fingerprint density at radius 1 is 0.935 bits per heavy atom. The topological polar surface area (TPSA) is 69.6 Å². The second kappa shape index (κ2) is 8.47. The van der Waals surface area contributed by atoms with Gasteiger partial charge in [0.2, 0.25) is 0 Å². The molecule has 0 radical (unpaired) electrons. The van der Waals surface area contributed by atoms with E-state index in [4.69, 9.17) is 0 Å². The first-order chi connectivity index (χ1) is 15.0. The van der Waals surface area contributed by atoms with Gasteiger partial charge < -0.3 is 10.0 Å². The summed E-state index contributed by atoms with van der Waals surface area (Å²) < 4.78 is 28.8. The van der Waals surface area contributed by atoms with Crippen LogP contribution in [0.4, 0.5) is 11.4 Å². The molecule has 3 aliphatic rings. The fourth-order valence-corrected chi connectivity index (χ4v) is 6.21. The Kier molecular flexibility index (Phi) is 5.69. The number of nitrogens with one attached hydrogen (secondary N) is 1. The fraction of sp³-hybridized carbons (Fsp3) is 0.520. The average molecular weight is 441 g/mol. The predicted molar refractivity (Wildman–Crippen MR) is 124 cm³/mol. The minimum Gasteiger partial charge on any atom is -0.373 e. The van der Waals surface area contributed by atoms with Crippen molar-refractivity contribution >= 4 is 21.4 Å². The molecule has 0 spiro atoms. The van der Waals surface area contributed by atoms with E-state index < -0.39 is 16.3 Å². The van der Waals surface area contributed by atoms with E-state index in [9.17, 15) is 13.5 Å². The second-order valence-corrected chi connectivity index (χ2v) is 11.1. The maximum Gasteiger partial charge on any atom is 0.261 e. The Balaban J connectivity index is 1.34. The molecule has 5 nitrogen and oxygen atoms in total. The molecule has 5 rings (SSSR count). The van der Waals surface area contributed by atoms with Gasteiger partial charge in [0.25, 0.3) is 10.0 Å². The average Bonchev–Trinajstić information content (AvgIpc) is 3.64. The molecule has 1 aliphatic heterocycles. The SMILES string of the molecule is O=S(=O)(Nc1ccc2c(c1)N(C(O)C1CC1)CCC2)c1ccc(C2CCCCC2)cc1. The van der Waals surface area contributed by atoms with Crippen LogP contribution in [0.15, 0.2) is 47.4 Å². The molecule has 1 atom stereocenters. The second-order valence-electron chi connectivity index (χ2n) is 9.40. The summed E-state index contributed by atoms with van der Waals surface area (Å²) >= 11 is 0. The number of anilines is 2. The van der Waals surface area contributed by atoms with Crippen molar-refractivity contribution in [3.05, 3.63) is 53.6 Å². The van der Waals surface area contributed by atoms with Crippen molar-refractivity contribution in [3.8, 4) is 0 Å². The molecule has 2 N–H and O–H groups in total. The maximum atomic E-state index is 13.0. The fourth-order valence-electron chi connectivity index (χ4n) is 5.16. The first-order valence-corrected chi connectivity index (χ1v) is 13.2.